The Labute approximate surface area is 397 Å². The highest BCUT2D eigenvalue weighted by Crippen LogP contribution is 2.47. The van der Waals surface area contributed by atoms with Crippen molar-refractivity contribution in [2.45, 2.75) is 0 Å². The fraction of sp³-hybridized carbons (Fsp3) is 0. The highest BCUT2D eigenvalue weighted by molar-refractivity contribution is 6.16. The van der Waals surface area contributed by atoms with Crippen LogP contribution in [0.5, 0.6) is 0 Å². The third kappa shape index (κ3) is 7.45. The minimum absolute atomic E-state index is 1.06. The van der Waals surface area contributed by atoms with Crippen LogP contribution in [0.15, 0.2) is 279 Å². The predicted octanol–water partition coefficient (Wildman–Crippen LogP) is 18.3. The molecule has 0 saturated carbocycles. The Balaban J connectivity index is 1.07. The van der Waals surface area contributed by atoms with Gasteiger partial charge in [0, 0.05) is 33.4 Å². The number of nitrogens with zero attached hydrogens (tertiary/aromatic N) is 2. The van der Waals surface area contributed by atoms with E-state index in [0.29, 0.717) is 0 Å². The summed E-state index contributed by atoms with van der Waals surface area (Å²) < 4.78 is 2.39. The van der Waals surface area contributed by atoms with E-state index in [4.69, 9.17) is 0 Å². The minimum Gasteiger partial charge on any atom is -0.310 e. The number of fused-ring (bicyclic) bond motifs is 3. The lowest BCUT2D eigenvalue weighted by Crippen LogP contribution is -2.12. The molecule has 11 aromatic carbocycles. The second-order valence-corrected chi connectivity index (χ2v) is 17.2. The molecule has 0 atom stereocenters. The van der Waals surface area contributed by atoms with Gasteiger partial charge in [-0.3, -0.25) is 0 Å². The van der Waals surface area contributed by atoms with E-state index < -0.39 is 0 Å². The molecule has 68 heavy (non-hydrogen) atoms. The lowest BCUT2D eigenvalue weighted by atomic mass is 9.88. The average Bonchev–Trinajstić information content (AvgIpc) is 3.77. The van der Waals surface area contributed by atoms with Gasteiger partial charge in [0.1, 0.15) is 0 Å². The minimum atomic E-state index is 1.06. The summed E-state index contributed by atoms with van der Waals surface area (Å²) in [6.07, 6.45) is 0. The standard InChI is InChI=1S/C66H46N2/c1-5-22-47(23-6-1)51-44-52(48-24-7-2-8-25-48)46-55(45-51)67(63-37-19-17-34-61(63)60-33-16-15-32-59(60)58-31-14-13-30-56(58)49-26-9-3-10-27-49)54-42-40-50(41-43-54)57-36-21-39-65-66(57)62-35-18-20-38-64(62)68(65)53-28-11-4-12-29-53/h1-46H. The number of anilines is 3. The van der Waals surface area contributed by atoms with Crippen LogP contribution in [0.4, 0.5) is 17.1 Å². The van der Waals surface area contributed by atoms with Crippen LogP contribution in [0, 0.1) is 0 Å². The molecule has 2 nitrogen and oxygen atoms in total. The number of rotatable bonds is 10. The predicted molar refractivity (Wildman–Crippen MR) is 288 cm³/mol. The number of para-hydroxylation sites is 3. The molecule has 0 radical (unpaired) electrons. The third-order valence-electron chi connectivity index (χ3n) is 13.2. The van der Waals surface area contributed by atoms with Crippen molar-refractivity contribution >= 4 is 38.9 Å². The van der Waals surface area contributed by atoms with E-state index in [-0.39, 0.29) is 0 Å². The average molecular weight is 867 g/mol. The largest absolute Gasteiger partial charge is 0.310 e. The van der Waals surface area contributed by atoms with Gasteiger partial charge in [0.05, 0.1) is 16.7 Å². The van der Waals surface area contributed by atoms with Crippen molar-refractivity contribution in [2.24, 2.45) is 0 Å². The van der Waals surface area contributed by atoms with Crippen LogP contribution in [0.3, 0.4) is 0 Å². The summed E-state index contributed by atoms with van der Waals surface area (Å²) >= 11 is 0. The number of aromatic nitrogens is 1. The molecule has 0 unspecified atom stereocenters. The molecule has 320 valence electrons. The maximum absolute atomic E-state index is 2.46. The normalized spacial score (nSPS) is 11.2. The highest BCUT2D eigenvalue weighted by atomic mass is 15.1. The van der Waals surface area contributed by atoms with Gasteiger partial charge in [0.2, 0.25) is 0 Å². The quantitative estimate of drug-likeness (QED) is 0.133. The van der Waals surface area contributed by atoms with Crippen LogP contribution < -0.4 is 4.90 Å². The van der Waals surface area contributed by atoms with E-state index in [1.807, 2.05) is 0 Å². The van der Waals surface area contributed by atoms with Gasteiger partial charge in [-0.05, 0) is 122 Å². The SMILES string of the molecule is c1ccc(-c2cc(-c3ccccc3)cc(N(c3ccc(-c4cccc5c4c4ccccc4n5-c4ccccc4)cc3)c3ccccc3-c3ccccc3-c3ccccc3-c3ccccc3)c2)cc1. The molecule has 0 N–H and O–H groups in total. The molecule has 12 aromatic rings. The van der Waals surface area contributed by atoms with Gasteiger partial charge in [-0.2, -0.15) is 0 Å². The fourth-order valence-electron chi connectivity index (χ4n) is 10.1. The van der Waals surface area contributed by atoms with Crippen molar-refractivity contribution in [1.82, 2.24) is 4.57 Å². The maximum Gasteiger partial charge on any atom is 0.0547 e. The number of benzene rings is 11. The third-order valence-corrected chi connectivity index (χ3v) is 13.2. The molecule has 1 aromatic heterocycles. The summed E-state index contributed by atoms with van der Waals surface area (Å²) in [7, 11) is 0. The summed E-state index contributed by atoms with van der Waals surface area (Å²) in [6.45, 7) is 0. The fourth-order valence-corrected chi connectivity index (χ4v) is 10.1. The van der Waals surface area contributed by atoms with Crippen LogP contribution in [0.2, 0.25) is 0 Å². The zero-order chi connectivity index (χ0) is 45.2. The molecule has 1 heterocycles. The van der Waals surface area contributed by atoms with Crippen LogP contribution in [-0.2, 0) is 0 Å². The van der Waals surface area contributed by atoms with E-state index >= 15 is 0 Å². The van der Waals surface area contributed by atoms with Crippen molar-refractivity contribution in [3.05, 3.63) is 279 Å². The smallest absolute Gasteiger partial charge is 0.0547 e. The molecule has 0 aliphatic carbocycles. The first-order valence-corrected chi connectivity index (χ1v) is 23.3. The van der Waals surface area contributed by atoms with Crippen molar-refractivity contribution in [3.8, 4) is 72.4 Å². The second-order valence-electron chi connectivity index (χ2n) is 17.2. The lowest BCUT2D eigenvalue weighted by Gasteiger charge is -2.30. The Bertz CT molecular complexity index is 3650. The first-order valence-electron chi connectivity index (χ1n) is 23.3. The Morgan fingerprint density at radius 1 is 0.250 bits per heavy atom. The van der Waals surface area contributed by atoms with E-state index in [0.717, 1.165) is 50.6 Å². The molecule has 0 aliphatic rings. The molecular weight excluding hydrogens is 821 g/mol. The van der Waals surface area contributed by atoms with Gasteiger partial charge in [0.25, 0.3) is 0 Å². The molecule has 0 aliphatic heterocycles. The molecule has 0 amide bonds. The van der Waals surface area contributed by atoms with E-state index in [1.54, 1.807) is 0 Å². The summed E-state index contributed by atoms with van der Waals surface area (Å²) in [4.78, 5) is 2.46. The van der Waals surface area contributed by atoms with E-state index in [1.165, 1.54) is 60.8 Å². The van der Waals surface area contributed by atoms with Crippen LogP contribution in [0.1, 0.15) is 0 Å². The Morgan fingerprint density at radius 2 is 0.691 bits per heavy atom. The zero-order valence-electron chi connectivity index (χ0n) is 37.5. The Morgan fingerprint density at radius 3 is 1.32 bits per heavy atom. The van der Waals surface area contributed by atoms with Gasteiger partial charge in [-0.15, -0.1) is 0 Å². The topological polar surface area (TPSA) is 8.17 Å². The van der Waals surface area contributed by atoms with Crippen molar-refractivity contribution in [3.63, 3.8) is 0 Å². The molecule has 0 bridgehead atoms. The zero-order valence-corrected chi connectivity index (χ0v) is 37.5. The molecule has 2 heteroatoms. The van der Waals surface area contributed by atoms with Gasteiger partial charge >= 0.3 is 0 Å². The van der Waals surface area contributed by atoms with Gasteiger partial charge < -0.3 is 9.47 Å². The van der Waals surface area contributed by atoms with Crippen LogP contribution in [-0.4, -0.2) is 4.57 Å². The molecule has 0 fully saturated rings. The summed E-state index contributed by atoms with van der Waals surface area (Å²) in [5.74, 6) is 0. The summed E-state index contributed by atoms with van der Waals surface area (Å²) in [5, 5.41) is 2.48. The highest BCUT2D eigenvalue weighted by Gasteiger charge is 2.23. The van der Waals surface area contributed by atoms with Crippen LogP contribution in [0.25, 0.3) is 94.3 Å². The maximum atomic E-state index is 2.46. The molecule has 12 rings (SSSR count). The first kappa shape index (κ1) is 40.5. The van der Waals surface area contributed by atoms with Crippen molar-refractivity contribution < 1.29 is 0 Å². The molecular formula is C66H46N2. The van der Waals surface area contributed by atoms with Gasteiger partial charge in [0.15, 0.2) is 0 Å². The van der Waals surface area contributed by atoms with E-state index in [2.05, 4.69) is 289 Å². The number of hydrogen-bond donors (Lipinski definition) is 0. The summed E-state index contributed by atoms with van der Waals surface area (Å²) in [5.41, 5.74) is 20.8. The summed E-state index contributed by atoms with van der Waals surface area (Å²) in [6, 6.07) is 101. The van der Waals surface area contributed by atoms with E-state index in [9.17, 15) is 0 Å². The molecule has 0 spiro atoms. The Hall–Kier alpha value is -8.98. The lowest BCUT2D eigenvalue weighted by molar-refractivity contribution is 1.18. The van der Waals surface area contributed by atoms with Gasteiger partial charge in [-0.1, -0.05) is 218 Å². The first-order chi connectivity index (χ1) is 33.8. The van der Waals surface area contributed by atoms with Crippen LogP contribution >= 0.6 is 0 Å². The second kappa shape index (κ2) is 17.8. The van der Waals surface area contributed by atoms with Gasteiger partial charge in [-0.25, -0.2) is 0 Å². The van der Waals surface area contributed by atoms with Crippen molar-refractivity contribution in [1.29, 1.82) is 0 Å². The number of hydrogen-bond acceptors (Lipinski definition) is 1. The molecule has 0 saturated heterocycles. The van der Waals surface area contributed by atoms with Crippen molar-refractivity contribution in [2.75, 3.05) is 4.90 Å². The Kier molecular flexibility index (Phi) is 10.6. The monoisotopic (exact) mass is 866 g/mol.